The van der Waals surface area contributed by atoms with E-state index in [4.69, 9.17) is 4.74 Å². The molecule has 0 aliphatic rings. The van der Waals surface area contributed by atoms with Crippen LogP contribution in [-0.4, -0.2) is 26.8 Å². The number of carboxylic acid groups (broad SMARTS) is 1. The first kappa shape index (κ1) is 20.7. The summed E-state index contributed by atoms with van der Waals surface area (Å²) in [6.45, 7) is 2.39. The lowest BCUT2D eigenvalue weighted by atomic mass is 10.1. The summed E-state index contributed by atoms with van der Waals surface area (Å²) in [4.78, 5) is 15.8. The lowest BCUT2D eigenvalue weighted by molar-refractivity contribution is 0.0695. The molecule has 1 unspecified atom stereocenters. The molecule has 3 rings (SSSR count). The molecule has 6 nitrogen and oxygen atoms in total. The lowest BCUT2D eigenvalue weighted by Crippen LogP contribution is -2.20. The molecule has 1 atom stereocenters. The van der Waals surface area contributed by atoms with Crippen molar-refractivity contribution in [1.29, 1.82) is 0 Å². The second-order valence-corrected chi connectivity index (χ2v) is 7.62. The molecule has 0 saturated heterocycles. The van der Waals surface area contributed by atoms with Gasteiger partial charge in [0, 0.05) is 12.7 Å². The van der Waals surface area contributed by atoms with E-state index in [1.807, 2.05) is 43.3 Å². The Kier molecular flexibility index (Phi) is 7.10. The molecule has 0 radical (unpaired) electrons. The highest BCUT2D eigenvalue weighted by Gasteiger charge is 2.12. The smallest absolute Gasteiger partial charge is 0.336 e. The van der Waals surface area contributed by atoms with Crippen molar-refractivity contribution in [2.45, 2.75) is 24.7 Å². The highest BCUT2D eigenvalue weighted by atomic mass is 32.2. The van der Waals surface area contributed by atoms with Crippen LogP contribution in [0.3, 0.4) is 0 Å². The number of nitrogens with one attached hydrogen (secondary N) is 1. The van der Waals surface area contributed by atoms with Gasteiger partial charge in [-0.05, 0) is 60.4 Å². The van der Waals surface area contributed by atoms with E-state index < -0.39 is 17.0 Å². The lowest BCUT2D eigenvalue weighted by Gasteiger charge is -2.09. The van der Waals surface area contributed by atoms with E-state index in [1.54, 1.807) is 24.5 Å². The van der Waals surface area contributed by atoms with Crippen molar-refractivity contribution in [1.82, 2.24) is 9.71 Å². The van der Waals surface area contributed by atoms with Crippen molar-refractivity contribution in [3.63, 3.8) is 0 Å². The SMILES string of the molecule is CCc1ccc(S(=O)NCCc2ccc(Oc3cccnc3)cc2)cc1C(=O)O. The molecule has 0 spiro atoms. The summed E-state index contributed by atoms with van der Waals surface area (Å²) in [6.07, 6.45) is 4.63. The van der Waals surface area contributed by atoms with E-state index in [2.05, 4.69) is 9.71 Å². The van der Waals surface area contributed by atoms with Gasteiger partial charge in [-0.1, -0.05) is 25.1 Å². The number of carbonyl (C=O) groups is 1. The number of ether oxygens (including phenoxy) is 1. The largest absolute Gasteiger partial charge is 0.478 e. The highest BCUT2D eigenvalue weighted by Crippen LogP contribution is 2.20. The van der Waals surface area contributed by atoms with E-state index in [0.29, 0.717) is 30.0 Å². The van der Waals surface area contributed by atoms with E-state index in [9.17, 15) is 14.1 Å². The standard InChI is InChI=1S/C22H22N2O4S/c1-2-17-7-10-20(14-21(17)22(25)26)29(27)24-13-11-16-5-8-18(9-6-16)28-19-4-3-12-23-15-19/h3-10,12,14-15,24H,2,11,13H2,1H3,(H,25,26). The van der Waals surface area contributed by atoms with Crippen LogP contribution in [0.25, 0.3) is 0 Å². The quantitative estimate of drug-likeness (QED) is 0.557. The van der Waals surface area contributed by atoms with Crippen LogP contribution in [-0.2, 0) is 23.8 Å². The number of carboxylic acids is 1. The Hall–Kier alpha value is -3.03. The van der Waals surface area contributed by atoms with Crippen LogP contribution in [0.4, 0.5) is 0 Å². The highest BCUT2D eigenvalue weighted by molar-refractivity contribution is 7.83. The third kappa shape index (κ3) is 5.73. The zero-order valence-corrected chi connectivity index (χ0v) is 16.8. The number of hydrogen-bond acceptors (Lipinski definition) is 4. The summed E-state index contributed by atoms with van der Waals surface area (Å²) < 4.78 is 21.1. The summed E-state index contributed by atoms with van der Waals surface area (Å²) in [5.41, 5.74) is 2.00. The van der Waals surface area contributed by atoms with Crippen molar-refractivity contribution in [3.8, 4) is 11.5 Å². The van der Waals surface area contributed by atoms with E-state index in [-0.39, 0.29) is 5.56 Å². The van der Waals surface area contributed by atoms with Crippen molar-refractivity contribution < 1.29 is 18.8 Å². The first-order valence-corrected chi connectivity index (χ1v) is 10.4. The van der Waals surface area contributed by atoms with Gasteiger partial charge in [0.2, 0.25) is 0 Å². The normalized spacial score (nSPS) is 11.8. The molecule has 3 aromatic rings. The number of aromatic nitrogens is 1. The Morgan fingerprint density at radius 2 is 1.93 bits per heavy atom. The van der Waals surface area contributed by atoms with E-state index in [0.717, 1.165) is 16.9 Å². The van der Waals surface area contributed by atoms with Gasteiger partial charge in [-0.3, -0.25) is 4.98 Å². The molecule has 0 bridgehead atoms. The predicted molar refractivity (Wildman–Crippen MR) is 112 cm³/mol. The van der Waals surface area contributed by atoms with Crippen LogP contribution in [0.2, 0.25) is 0 Å². The number of pyridine rings is 1. The third-order valence-electron chi connectivity index (χ3n) is 4.35. The minimum absolute atomic E-state index is 0.198. The predicted octanol–water partition coefficient (Wildman–Crippen LogP) is 3.99. The fourth-order valence-corrected chi connectivity index (χ4v) is 3.69. The molecule has 0 aliphatic heterocycles. The fraction of sp³-hybridized carbons (Fsp3) is 0.182. The van der Waals surface area contributed by atoms with Crippen LogP contribution >= 0.6 is 0 Å². The Labute approximate surface area is 172 Å². The van der Waals surface area contributed by atoms with Crippen LogP contribution in [0.15, 0.2) is 71.9 Å². The van der Waals surface area contributed by atoms with Crippen molar-refractivity contribution in [2.75, 3.05) is 6.54 Å². The third-order valence-corrected chi connectivity index (χ3v) is 5.50. The number of nitrogens with zero attached hydrogens (tertiary/aromatic N) is 1. The number of benzene rings is 2. The first-order chi connectivity index (χ1) is 14.1. The molecular formula is C22H22N2O4S. The van der Waals surface area contributed by atoms with Gasteiger partial charge in [0.15, 0.2) is 0 Å². The average Bonchev–Trinajstić information content (AvgIpc) is 2.75. The fourth-order valence-electron chi connectivity index (χ4n) is 2.82. The molecule has 1 heterocycles. The van der Waals surface area contributed by atoms with Crippen LogP contribution in [0.1, 0.15) is 28.4 Å². The van der Waals surface area contributed by atoms with Gasteiger partial charge in [0.25, 0.3) is 0 Å². The van der Waals surface area contributed by atoms with E-state index >= 15 is 0 Å². The van der Waals surface area contributed by atoms with Gasteiger partial charge >= 0.3 is 5.97 Å². The van der Waals surface area contributed by atoms with Gasteiger partial charge in [-0.2, -0.15) is 0 Å². The number of rotatable bonds is 9. The number of aromatic carboxylic acids is 1. The second kappa shape index (κ2) is 9.95. The topological polar surface area (TPSA) is 88.5 Å². The molecule has 2 aromatic carbocycles. The summed E-state index contributed by atoms with van der Waals surface area (Å²) in [7, 11) is -1.47. The van der Waals surface area contributed by atoms with Crippen LogP contribution in [0, 0.1) is 0 Å². The van der Waals surface area contributed by atoms with Crippen molar-refractivity contribution in [3.05, 3.63) is 83.7 Å². The molecule has 0 saturated carbocycles. The average molecular weight is 410 g/mol. The Bertz CT molecular complexity index is 991. The van der Waals surface area contributed by atoms with Crippen LogP contribution < -0.4 is 9.46 Å². The zero-order chi connectivity index (χ0) is 20.6. The maximum atomic E-state index is 12.4. The summed E-state index contributed by atoms with van der Waals surface area (Å²) >= 11 is 0. The maximum absolute atomic E-state index is 12.4. The Morgan fingerprint density at radius 3 is 2.59 bits per heavy atom. The maximum Gasteiger partial charge on any atom is 0.336 e. The van der Waals surface area contributed by atoms with Gasteiger partial charge in [-0.25, -0.2) is 13.7 Å². The molecule has 7 heteroatoms. The number of aryl methyl sites for hydroxylation is 1. The van der Waals surface area contributed by atoms with Gasteiger partial charge in [0.1, 0.15) is 22.5 Å². The number of hydrogen-bond donors (Lipinski definition) is 2. The monoisotopic (exact) mass is 410 g/mol. The summed E-state index contributed by atoms with van der Waals surface area (Å²) in [5.74, 6) is 0.386. The second-order valence-electron chi connectivity index (χ2n) is 6.33. The summed E-state index contributed by atoms with van der Waals surface area (Å²) in [6, 6.07) is 16.2. The molecule has 0 amide bonds. The minimum atomic E-state index is -1.47. The van der Waals surface area contributed by atoms with Gasteiger partial charge < -0.3 is 9.84 Å². The summed E-state index contributed by atoms with van der Waals surface area (Å²) in [5, 5.41) is 9.31. The van der Waals surface area contributed by atoms with Crippen molar-refractivity contribution >= 4 is 17.0 Å². The zero-order valence-electron chi connectivity index (χ0n) is 16.0. The first-order valence-electron chi connectivity index (χ1n) is 9.25. The van der Waals surface area contributed by atoms with Gasteiger partial charge in [-0.15, -0.1) is 0 Å². The Morgan fingerprint density at radius 1 is 1.14 bits per heavy atom. The molecule has 29 heavy (non-hydrogen) atoms. The van der Waals surface area contributed by atoms with Crippen molar-refractivity contribution in [2.24, 2.45) is 0 Å². The molecule has 0 fully saturated rings. The molecule has 150 valence electrons. The molecular weight excluding hydrogens is 388 g/mol. The minimum Gasteiger partial charge on any atom is -0.478 e. The van der Waals surface area contributed by atoms with E-state index in [1.165, 1.54) is 6.07 Å². The molecule has 1 aromatic heterocycles. The molecule has 0 aliphatic carbocycles. The van der Waals surface area contributed by atoms with Crippen LogP contribution in [0.5, 0.6) is 11.5 Å². The molecule has 2 N–H and O–H groups in total. The van der Waals surface area contributed by atoms with Gasteiger partial charge in [0.05, 0.1) is 16.7 Å². The Balaban J connectivity index is 1.54.